The SMILES string of the molecule is C=C1C2C=C(CC)CC3CC(C)CC13CCC1C2C1(C)C. The molecule has 0 heteroatoms. The largest absolute Gasteiger partial charge is 0.0987 e. The van der Waals surface area contributed by atoms with Gasteiger partial charge in [-0.3, -0.25) is 0 Å². The van der Waals surface area contributed by atoms with E-state index in [1.165, 1.54) is 38.5 Å². The number of hydrogen-bond acceptors (Lipinski definition) is 0. The maximum atomic E-state index is 4.75. The highest BCUT2D eigenvalue weighted by Crippen LogP contribution is 2.72. The molecule has 0 amide bonds. The second kappa shape index (κ2) is 4.27. The van der Waals surface area contributed by atoms with Crippen LogP contribution in [0.3, 0.4) is 0 Å². The molecule has 0 nitrogen and oxygen atoms in total. The highest BCUT2D eigenvalue weighted by atomic mass is 14.7. The van der Waals surface area contributed by atoms with Crippen molar-refractivity contribution < 1.29 is 0 Å². The molecule has 0 N–H and O–H groups in total. The van der Waals surface area contributed by atoms with E-state index >= 15 is 0 Å². The van der Waals surface area contributed by atoms with Gasteiger partial charge in [-0.15, -0.1) is 0 Å². The van der Waals surface area contributed by atoms with Crippen molar-refractivity contribution in [2.75, 3.05) is 0 Å². The van der Waals surface area contributed by atoms with Crippen molar-refractivity contribution in [2.24, 2.45) is 40.4 Å². The number of rotatable bonds is 1. The van der Waals surface area contributed by atoms with Gasteiger partial charge in [0.05, 0.1) is 0 Å². The van der Waals surface area contributed by atoms with Crippen molar-refractivity contribution >= 4 is 0 Å². The molecule has 4 rings (SSSR count). The Morgan fingerprint density at radius 3 is 2.81 bits per heavy atom. The van der Waals surface area contributed by atoms with E-state index in [4.69, 9.17) is 6.58 Å². The molecule has 21 heavy (non-hydrogen) atoms. The van der Waals surface area contributed by atoms with Gasteiger partial charge in [0, 0.05) is 5.92 Å². The molecule has 6 unspecified atom stereocenters. The van der Waals surface area contributed by atoms with E-state index in [0.29, 0.717) is 16.7 Å². The quantitative estimate of drug-likeness (QED) is 0.518. The monoisotopic (exact) mass is 284 g/mol. The molecule has 0 radical (unpaired) electrons. The molecule has 0 aromatic heterocycles. The Kier molecular flexibility index (Phi) is 2.87. The first kappa shape index (κ1) is 14.1. The van der Waals surface area contributed by atoms with E-state index < -0.39 is 0 Å². The topological polar surface area (TPSA) is 0 Å². The van der Waals surface area contributed by atoms with Crippen molar-refractivity contribution in [3.63, 3.8) is 0 Å². The molecule has 4 aliphatic carbocycles. The summed E-state index contributed by atoms with van der Waals surface area (Å²) >= 11 is 0. The van der Waals surface area contributed by atoms with Crippen LogP contribution in [-0.2, 0) is 0 Å². The summed E-state index contributed by atoms with van der Waals surface area (Å²) in [5.74, 6) is 4.35. The maximum Gasteiger partial charge on any atom is 0.00187 e. The number of fused-ring (bicyclic) bond motifs is 3. The average Bonchev–Trinajstić information content (AvgIpc) is 2.89. The molecule has 2 bridgehead atoms. The van der Waals surface area contributed by atoms with Crippen LogP contribution in [0.4, 0.5) is 0 Å². The zero-order chi connectivity index (χ0) is 15.0. The van der Waals surface area contributed by atoms with E-state index in [1.54, 1.807) is 11.1 Å². The minimum Gasteiger partial charge on any atom is -0.0987 e. The summed E-state index contributed by atoms with van der Waals surface area (Å²) in [5, 5.41) is 0. The molecule has 1 spiro atoms. The predicted molar refractivity (Wildman–Crippen MR) is 89.9 cm³/mol. The van der Waals surface area contributed by atoms with Crippen molar-refractivity contribution in [3.8, 4) is 0 Å². The zero-order valence-electron chi connectivity index (χ0n) is 14.4. The summed E-state index contributed by atoms with van der Waals surface area (Å²) in [5.41, 5.74) is 4.46. The van der Waals surface area contributed by atoms with Crippen LogP contribution in [0.25, 0.3) is 0 Å². The van der Waals surface area contributed by atoms with Gasteiger partial charge in [0.2, 0.25) is 0 Å². The lowest BCUT2D eigenvalue weighted by Crippen LogP contribution is -2.30. The van der Waals surface area contributed by atoms with Crippen molar-refractivity contribution in [1.29, 1.82) is 0 Å². The zero-order valence-corrected chi connectivity index (χ0v) is 14.4. The van der Waals surface area contributed by atoms with Gasteiger partial charge < -0.3 is 0 Å². The molecule has 6 atom stereocenters. The van der Waals surface area contributed by atoms with Crippen LogP contribution in [0.5, 0.6) is 0 Å². The Balaban J connectivity index is 1.80. The Morgan fingerprint density at radius 1 is 1.33 bits per heavy atom. The summed E-state index contributed by atoms with van der Waals surface area (Å²) in [6.45, 7) is 14.6. The molecule has 3 fully saturated rings. The van der Waals surface area contributed by atoms with Crippen LogP contribution in [0.15, 0.2) is 23.8 Å². The van der Waals surface area contributed by atoms with Crippen LogP contribution >= 0.6 is 0 Å². The Bertz CT molecular complexity index is 508. The molecular weight excluding hydrogens is 252 g/mol. The van der Waals surface area contributed by atoms with Gasteiger partial charge >= 0.3 is 0 Å². The second-order valence-electron chi connectivity index (χ2n) is 9.32. The van der Waals surface area contributed by atoms with Crippen molar-refractivity contribution in [2.45, 2.75) is 66.2 Å². The van der Waals surface area contributed by atoms with E-state index in [9.17, 15) is 0 Å². The lowest BCUT2D eigenvalue weighted by molar-refractivity contribution is 0.212. The molecule has 0 aromatic carbocycles. The van der Waals surface area contributed by atoms with Crippen LogP contribution in [0, 0.1) is 40.4 Å². The fraction of sp³-hybridized carbons (Fsp3) is 0.810. The third-order valence-corrected chi connectivity index (χ3v) is 8.03. The van der Waals surface area contributed by atoms with Gasteiger partial charge in [0.15, 0.2) is 0 Å². The summed E-state index contributed by atoms with van der Waals surface area (Å²) < 4.78 is 0. The van der Waals surface area contributed by atoms with Gasteiger partial charge in [-0.25, -0.2) is 0 Å². The minimum atomic E-state index is 0.501. The Hall–Kier alpha value is -0.520. The maximum absolute atomic E-state index is 4.75. The molecule has 0 aromatic rings. The lowest BCUT2D eigenvalue weighted by Gasteiger charge is -2.39. The van der Waals surface area contributed by atoms with Gasteiger partial charge in [-0.2, -0.15) is 0 Å². The minimum absolute atomic E-state index is 0.501. The van der Waals surface area contributed by atoms with E-state index in [2.05, 4.69) is 33.8 Å². The van der Waals surface area contributed by atoms with Crippen LogP contribution in [-0.4, -0.2) is 0 Å². The fourth-order valence-corrected chi connectivity index (χ4v) is 6.84. The van der Waals surface area contributed by atoms with Gasteiger partial charge in [-0.1, -0.05) is 51.5 Å². The van der Waals surface area contributed by atoms with Crippen LogP contribution in [0.2, 0.25) is 0 Å². The Morgan fingerprint density at radius 2 is 2.10 bits per heavy atom. The molecule has 0 heterocycles. The standard InChI is InChI=1S/C21H32/c1-6-15-10-16-9-13(2)12-21(16)8-7-18-19(20(18,4)5)17(11-15)14(21)3/h11,13,16-19H,3,6-10,12H2,1-2,4-5H3. The van der Waals surface area contributed by atoms with Crippen molar-refractivity contribution in [3.05, 3.63) is 23.8 Å². The predicted octanol–water partition coefficient (Wildman–Crippen LogP) is 6.00. The van der Waals surface area contributed by atoms with Gasteiger partial charge in [0.25, 0.3) is 0 Å². The summed E-state index contributed by atoms with van der Waals surface area (Å²) in [7, 11) is 0. The average molecular weight is 284 g/mol. The summed E-state index contributed by atoms with van der Waals surface area (Å²) in [6.07, 6.45) is 11.1. The number of allylic oxidation sites excluding steroid dienone is 3. The molecule has 3 saturated carbocycles. The number of hydrogen-bond donors (Lipinski definition) is 0. The third-order valence-electron chi connectivity index (χ3n) is 8.03. The van der Waals surface area contributed by atoms with Gasteiger partial charge in [0.1, 0.15) is 0 Å². The van der Waals surface area contributed by atoms with Gasteiger partial charge in [-0.05, 0) is 73.0 Å². The molecule has 4 aliphatic rings. The highest BCUT2D eigenvalue weighted by Gasteiger charge is 2.65. The van der Waals surface area contributed by atoms with Crippen LogP contribution in [0.1, 0.15) is 66.2 Å². The molecule has 116 valence electrons. The summed E-state index contributed by atoms with van der Waals surface area (Å²) in [6, 6.07) is 0. The first-order chi connectivity index (χ1) is 9.90. The highest BCUT2D eigenvalue weighted by molar-refractivity contribution is 5.35. The Labute approximate surface area is 131 Å². The molecular formula is C21H32. The molecule has 0 saturated heterocycles. The normalized spacial score (nSPS) is 50.6. The lowest BCUT2D eigenvalue weighted by atomic mass is 9.65. The van der Waals surface area contributed by atoms with E-state index in [-0.39, 0.29) is 0 Å². The van der Waals surface area contributed by atoms with E-state index in [1.807, 2.05) is 0 Å². The van der Waals surface area contributed by atoms with Crippen LogP contribution < -0.4 is 0 Å². The van der Waals surface area contributed by atoms with E-state index in [0.717, 1.165) is 23.7 Å². The molecule has 0 aliphatic heterocycles. The summed E-state index contributed by atoms with van der Waals surface area (Å²) in [4.78, 5) is 0. The third kappa shape index (κ3) is 1.74. The first-order valence-electron chi connectivity index (χ1n) is 9.29. The van der Waals surface area contributed by atoms with Crippen molar-refractivity contribution in [1.82, 2.24) is 0 Å². The fourth-order valence-electron chi connectivity index (χ4n) is 6.84. The first-order valence-corrected chi connectivity index (χ1v) is 9.29. The smallest absolute Gasteiger partial charge is 0.00187 e. The second-order valence-corrected chi connectivity index (χ2v) is 9.32.